The molecule has 2 amide bonds. The first-order valence-electron chi connectivity index (χ1n) is 4.49. The second-order valence-corrected chi connectivity index (χ2v) is 4.86. The summed E-state index contributed by atoms with van der Waals surface area (Å²) in [6.07, 6.45) is 2.28. The van der Waals surface area contributed by atoms with Crippen LogP contribution in [0.25, 0.3) is 0 Å². The van der Waals surface area contributed by atoms with E-state index in [9.17, 15) is 13.8 Å². The number of nitrogens with zero attached hydrogens (tertiary/aromatic N) is 1. The molecule has 15 heavy (non-hydrogen) atoms. The number of rotatable bonds is 4. The zero-order valence-electron chi connectivity index (χ0n) is 8.57. The molecule has 0 bridgehead atoms. The third-order valence-corrected chi connectivity index (χ3v) is 2.65. The molecule has 2 atom stereocenters. The van der Waals surface area contributed by atoms with E-state index in [0.29, 0.717) is 12.2 Å². The van der Waals surface area contributed by atoms with Crippen LogP contribution in [0.15, 0.2) is 4.99 Å². The standard InChI is InChI=1S/C8H13N3O3S/c1-5(3-4-15(2)14)9-8-10-6(12)7(13)11-8/h5H,3-4H2,1-2H3,(H2,9,10,11,12,13). The molecule has 0 aliphatic carbocycles. The van der Waals surface area contributed by atoms with E-state index in [0.717, 1.165) is 0 Å². The Balaban J connectivity index is 2.46. The van der Waals surface area contributed by atoms with E-state index < -0.39 is 22.6 Å². The number of carbonyl (C=O) groups excluding carboxylic acids is 2. The Morgan fingerprint density at radius 2 is 1.87 bits per heavy atom. The lowest BCUT2D eigenvalue weighted by Gasteiger charge is -2.05. The summed E-state index contributed by atoms with van der Waals surface area (Å²) in [5, 5.41) is 4.59. The van der Waals surface area contributed by atoms with Gasteiger partial charge in [-0.25, -0.2) is 4.99 Å². The van der Waals surface area contributed by atoms with Gasteiger partial charge in [0, 0.05) is 22.8 Å². The molecule has 1 rings (SSSR count). The molecule has 7 heteroatoms. The molecule has 2 N–H and O–H groups in total. The summed E-state index contributed by atoms with van der Waals surface area (Å²) in [7, 11) is -0.847. The Kier molecular flexibility index (Phi) is 3.96. The van der Waals surface area contributed by atoms with Gasteiger partial charge in [0.2, 0.25) is 5.96 Å². The molecule has 0 aromatic carbocycles. The van der Waals surface area contributed by atoms with Crippen LogP contribution in [0.2, 0.25) is 0 Å². The second kappa shape index (κ2) is 5.01. The minimum absolute atomic E-state index is 0.0809. The molecule has 0 aromatic heterocycles. The number of nitrogens with one attached hydrogen (secondary N) is 2. The summed E-state index contributed by atoms with van der Waals surface area (Å²) in [6.45, 7) is 1.83. The van der Waals surface area contributed by atoms with Gasteiger partial charge in [-0.1, -0.05) is 0 Å². The van der Waals surface area contributed by atoms with Crippen molar-refractivity contribution in [3.8, 4) is 0 Å². The lowest BCUT2D eigenvalue weighted by molar-refractivity contribution is -0.135. The van der Waals surface area contributed by atoms with E-state index in [2.05, 4.69) is 15.6 Å². The van der Waals surface area contributed by atoms with Crippen LogP contribution in [-0.2, 0) is 20.4 Å². The molecule has 1 heterocycles. The highest BCUT2D eigenvalue weighted by Crippen LogP contribution is 1.99. The molecular weight excluding hydrogens is 218 g/mol. The molecule has 0 radical (unpaired) electrons. The van der Waals surface area contributed by atoms with Crippen LogP contribution < -0.4 is 10.6 Å². The van der Waals surface area contributed by atoms with Gasteiger partial charge in [-0.05, 0) is 13.3 Å². The number of hydrogen-bond acceptors (Lipinski definition) is 4. The van der Waals surface area contributed by atoms with Gasteiger partial charge in [-0.3, -0.25) is 24.4 Å². The Bertz CT molecular complexity index is 322. The molecule has 1 fully saturated rings. The lowest BCUT2D eigenvalue weighted by Crippen LogP contribution is -2.27. The van der Waals surface area contributed by atoms with Gasteiger partial charge in [0.15, 0.2) is 0 Å². The van der Waals surface area contributed by atoms with E-state index in [-0.39, 0.29) is 12.0 Å². The van der Waals surface area contributed by atoms with E-state index >= 15 is 0 Å². The lowest BCUT2D eigenvalue weighted by atomic mass is 10.3. The average molecular weight is 231 g/mol. The minimum atomic E-state index is -0.847. The maximum atomic E-state index is 10.8. The molecular formula is C8H13N3O3S. The number of aliphatic imine (C=N–C) groups is 1. The van der Waals surface area contributed by atoms with E-state index in [1.807, 2.05) is 6.92 Å². The zero-order chi connectivity index (χ0) is 11.4. The Morgan fingerprint density at radius 3 is 2.33 bits per heavy atom. The highest BCUT2D eigenvalue weighted by Gasteiger charge is 2.25. The van der Waals surface area contributed by atoms with Gasteiger partial charge in [0.05, 0.1) is 6.04 Å². The van der Waals surface area contributed by atoms with Crippen molar-refractivity contribution in [3.63, 3.8) is 0 Å². The monoisotopic (exact) mass is 231 g/mol. The normalized spacial score (nSPS) is 19.5. The summed E-state index contributed by atoms with van der Waals surface area (Å²) < 4.78 is 10.8. The van der Waals surface area contributed by atoms with Crippen LogP contribution in [0.1, 0.15) is 13.3 Å². The third-order valence-electron chi connectivity index (χ3n) is 1.84. The molecule has 1 aliphatic rings. The third kappa shape index (κ3) is 3.78. The number of carbonyl (C=O) groups is 2. The van der Waals surface area contributed by atoms with E-state index in [1.54, 1.807) is 6.26 Å². The fourth-order valence-electron chi connectivity index (χ4n) is 1.05. The first-order valence-corrected chi connectivity index (χ1v) is 6.22. The molecule has 0 aromatic rings. The van der Waals surface area contributed by atoms with Crippen molar-refractivity contribution < 1.29 is 13.8 Å². The number of guanidine groups is 1. The molecule has 6 nitrogen and oxygen atoms in total. The Hall–Kier alpha value is -1.24. The van der Waals surface area contributed by atoms with Gasteiger partial charge in [-0.2, -0.15) is 0 Å². The predicted molar refractivity (Wildman–Crippen MR) is 56.7 cm³/mol. The molecule has 1 saturated heterocycles. The fourth-order valence-corrected chi connectivity index (χ4v) is 1.72. The molecule has 0 saturated carbocycles. The Labute approximate surface area is 90.0 Å². The highest BCUT2D eigenvalue weighted by atomic mass is 32.2. The maximum absolute atomic E-state index is 10.8. The van der Waals surface area contributed by atoms with Crippen molar-refractivity contribution in [1.82, 2.24) is 10.6 Å². The molecule has 84 valence electrons. The van der Waals surface area contributed by atoms with Gasteiger partial charge in [0.25, 0.3) is 0 Å². The van der Waals surface area contributed by atoms with Crippen molar-refractivity contribution in [2.45, 2.75) is 19.4 Å². The first-order chi connectivity index (χ1) is 6.99. The average Bonchev–Trinajstić information content (AvgIpc) is 2.42. The van der Waals surface area contributed by atoms with Crippen molar-refractivity contribution >= 4 is 28.6 Å². The van der Waals surface area contributed by atoms with Crippen molar-refractivity contribution in [3.05, 3.63) is 0 Å². The zero-order valence-corrected chi connectivity index (χ0v) is 9.39. The van der Waals surface area contributed by atoms with Gasteiger partial charge in [-0.15, -0.1) is 0 Å². The fraction of sp³-hybridized carbons (Fsp3) is 0.625. The summed E-state index contributed by atoms with van der Waals surface area (Å²) in [4.78, 5) is 25.6. The molecule has 0 spiro atoms. The van der Waals surface area contributed by atoms with Crippen LogP contribution >= 0.6 is 0 Å². The quantitative estimate of drug-likeness (QED) is 0.592. The number of amides is 2. The SMILES string of the molecule is CC(CCS(C)=O)N=C1NC(=O)C(=O)N1. The number of hydrogen-bond donors (Lipinski definition) is 2. The van der Waals surface area contributed by atoms with Crippen LogP contribution in [0.3, 0.4) is 0 Å². The summed E-state index contributed by atoms with van der Waals surface area (Å²) in [5.74, 6) is -0.653. The maximum Gasteiger partial charge on any atom is 0.316 e. The Morgan fingerprint density at radius 1 is 1.33 bits per heavy atom. The minimum Gasteiger partial charge on any atom is -0.288 e. The summed E-state index contributed by atoms with van der Waals surface area (Å²) in [5.41, 5.74) is 0. The predicted octanol–water partition coefficient (Wildman–Crippen LogP) is -1.25. The summed E-state index contributed by atoms with van der Waals surface area (Å²) >= 11 is 0. The largest absolute Gasteiger partial charge is 0.316 e. The van der Waals surface area contributed by atoms with Gasteiger partial charge < -0.3 is 0 Å². The van der Waals surface area contributed by atoms with Gasteiger partial charge >= 0.3 is 11.8 Å². The van der Waals surface area contributed by atoms with Crippen LogP contribution in [0, 0.1) is 0 Å². The van der Waals surface area contributed by atoms with Crippen LogP contribution in [-0.4, -0.2) is 40.0 Å². The first kappa shape index (κ1) is 11.8. The molecule has 1 aliphatic heterocycles. The summed E-state index contributed by atoms with van der Waals surface area (Å²) in [6, 6.07) is -0.0809. The van der Waals surface area contributed by atoms with Gasteiger partial charge in [0.1, 0.15) is 0 Å². The highest BCUT2D eigenvalue weighted by molar-refractivity contribution is 7.84. The smallest absolute Gasteiger partial charge is 0.288 e. The van der Waals surface area contributed by atoms with Crippen molar-refractivity contribution in [2.24, 2.45) is 4.99 Å². The van der Waals surface area contributed by atoms with E-state index in [1.165, 1.54) is 0 Å². The van der Waals surface area contributed by atoms with Crippen molar-refractivity contribution in [1.29, 1.82) is 0 Å². The van der Waals surface area contributed by atoms with Crippen LogP contribution in [0.5, 0.6) is 0 Å². The second-order valence-electron chi connectivity index (χ2n) is 3.30. The topological polar surface area (TPSA) is 87.6 Å². The van der Waals surface area contributed by atoms with E-state index in [4.69, 9.17) is 0 Å². The van der Waals surface area contributed by atoms with Crippen molar-refractivity contribution in [2.75, 3.05) is 12.0 Å². The van der Waals surface area contributed by atoms with Crippen LogP contribution in [0.4, 0.5) is 0 Å². The molecule has 2 unspecified atom stereocenters.